The molecule has 5 heteroatoms. The smallest absolute Gasteiger partial charge is 0.260 e. The average molecular weight is 223 g/mol. The van der Waals surface area contributed by atoms with Crippen LogP contribution < -0.4 is 10.6 Å². The summed E-state index contributed by atoms with van der Waals surface area (Å²) in [5.74, 6) is 1.01. The lowest BCUT2D eigenvalue weighted by Gasteiger charge is -2.32. The van der Waals surface area contributed by atoms with E-state index in [1.165, 1.54) is 0 Å². The fourth-order valence-corrected chi connectivity index (χ4v) is 1.77. The van der Waals surface area contributed by atoms with Crippen LogP contribution in [0, 0.1) is 0 Å². The molecule has 1 aliphatic heterocycles. The van der Waals surface area contributed by atoms with E-state index in [2.05, 4.69) is 15.8 Å². The number of fused-ring (bicyclic) bond motifs is 1. The number of rotatable bonds is 0. The van der Waals surface area contributed by atoms with Crippen LogP contribution in [0.5, 0.6) is 0 Å². The van der Waals surface area contributed by atoms with Gasteiger partial charge in [0.25, 0.3) is 5.91 Å². The first-order valence-corrected chi connectivity index (χ1v) is 5.31. The third-order valence-corrected chi connectivity index (χ3v) is 2.46. The van der Waals surface area contributed by atoms with E-state index in [4.69, 9.17) is 4.52 Å². The Morgan fingerprint density at radius 3 is 2.44 bits per heavy atom. The lowest BCUT2D eigenvalue weighted by molar-refractivity contribution is 0.0910. The van der Waals surface area contributed by atoms with Crippen molar-refractivity contribution in [3.63, 3.8) is 0 Å². The lowest BCUT2D eigenvalue weighted by atomic mass is 9.89. The minimum atomic E-state index is -0.490. The maximum absolute atomic E-state index is 12.0. The molecule has 2 N–H and O–H groups in total. The third kappa shape index (κ3) is 1.66. The zero-order valence-corrected chi connectivity index (χ0v) is 10.3. The van der Waals surface area contributed by atoms with E-state index < -0.39 is 5.66 Å². The molecule has 0 fully saturated rings. The van der Waals surface area contributed by atoms with E-state index in [0.29, 0.717) is 17.1 Å². The van der Waals surface area contributed by atoms with Crippen molar-refractivity contribution in [1.82, 2.24) is 10.5 Å². The first-order valence-electron chi connectivity index (χ1n) is 5.31. The number of nitrogens with one attached hydrogen (secondary N) is 2. The van der Waals surface area contributed by atoms with Crippen molar-refractivity contribution < 1.29 is 9.32 Å². The number of anilines is 1. The molecular formula is C11H17N3O2. The van der Waals surface area contributed by atoms with Crippen LogP contribution in [-0.2, 0) is 5.41 Å². The van der Waals surface area contributed by atoms with Gasteiger partial charge in [-0.25, -0.2) is 0 Å². The van der Waals surface area contributed by atoms with Gasteiger partial charge >= 0.3 is 0 Å². The molecule has 1 aromatic heterocycles. The predicted molar refractivity (Wildman–Crippen MR) is 60.4 cm³/mol. The van der Waals surface area contributed by atoms with Crippen LogP contribution in [0.3, 0.4) is 0 Å². The number of hydrogen-bond donors (Lipinski definition) is 2. The maximum atomic E-state index is 12.0. The van der Waals surface area contributed by atoms with Crippen LogP contribution in [0.4, 0.5) is 5.82 Å². The molecular weight excluding hydrogens is 206 g/mol. The molecule has 0 spiro atoms. The fourth-order valence-electron chi connectivity index (χ4n) is 1.77. The SMILES string of the molecule is CC1(C)NC(=O)c2c(noc2C(C)(C)C)N1. The van der Waals surface area contributed by atoms with Gasteiger partial charge in [-0.2, -0.15) is 0 Å². The highest BCUT2D eigenvalue weighted by atomic mass is 16.5. The molecule has 88 valence electrons. The summed E-state index contributed by atoms with van der Waals surface area (Å²) in [7, 11) is 0. The quantitative estimate of drug-likeness (QED) is 0.704. The molecule has 5 nitrogen and oxygen atoms in total. The van der Waals surface area contributed by atoms with Gasteiger partial charge in [0.1, 0.15) is 11.2 Å². The van der Waals surface area contributed by atoms with Gasteiger partial charge in [0.2, 0.25) is 0 Å². The van der Waals surface area contributed by atoms with E-state index in [-0.39, 0.29) is 11.3 Å². The summed E-state index contributed by atoms with van der Waals surface area (Å²) >= 11 is 0. The Morgan fingerprint density at radius 2 is 1.88 bits per heavy atom. The Bertz CT molecular complexity index is 441. The summed E-state index contributed by atoms with van der Waals surface area (Å²) in [4.78, 5) is 12.0. The van der Waals surface area contributed by atoms with Gasteiger partial charge in [-0.05, 0) is 13.8 Å². The van der Waals surface area contributed by atoms with Gasteiger partial charge in [-0.3, -0.25) is 4.79 Å². The van der Waals surface area contributed by atoms with Crippen molar-refractivity contribution >= 4 is 11.7 Å². The summed E-state index contributed by atoms with van der Waals surface area (Å²) in [6.07, 6.45) is 0. The second kappa shape index (κ2) is 2.99. The molecule has 0 saturated carbocycles. The number of nitrogens with zero attached hydrogens (tertiary/aromatic N) is 1. The highest BCUT2D eigenvalue weighted by Gasteiger charge is 2.38. The summed E-state index contributed by atoms with van der Waals surface area (Å²) < 4.78 is 5.27. The van der Waals surface area contributed by atoms with Crippen LogP contribution in [0.15, 0.2) is 4.52 Å². The molecule has 0 aromatic carbocycles. The molecule has 0 atom stereocenters. The van der Waals surface area contributed by atoms with Crippen LogP contribution in [0.1, 0.15) is 50.7 Å². The Labute approximate surface area is 94.6 Å². The first-order chi connectivity index (χ1) is 7.21. The Balaban J connectivity index is 2.52. The van der Waals surface area contributed by atoms with Crippen molar-refractivity contribution in [2.24, 2.45) is 0 Å². The number of amides is 1. The van der Waals surface area contributed by atoms with E-state index in [9.17, 15) is 4.79 Å². The number of aromatic nitrogens is 1. The third-order valence-electron chi connectivity index (χ3n) is 2.46. The molecule has 1 aromatic rings. The zero-order valence-electron chi connectivity index (χ0n) is 10.3. The van der Waals surface area contributed by atoms with E-state index in [0.717, 1.165) is 0 Å². The Morgan fingerprint density at radius 1 is 1.25 bits per heavy atom. The molecule has 1 amide bonds. The molecule has 0 aliphatic carbocycles. The molecule has 2 rings (SSSR count). The largest absolute Gasteiger partial charge is 0.358 e. The highest BCUT2D eigenvalue weighted by molar-refractivity contribution is 6.02. The number of carbonyl (C=O) groups excluding carboxylic acids is 1. The molecule has 0 bridgehead atoms. The fraction of sp³-hybridized carbons (Fsp3) is 0.636. The van der Waals surface area contributed by atoms with Crippen LogP contribution in [0.25, 0.3) is 0 Å². The minimum absolute atomic E-state index is 0.134. The Hall–Kier alpha value is -1.52. The van der Waals surface area contributed by atoms with Gasteiger partial charge in [-0.15, -0.1) is 0 Å². The summed E-state index contributed by atoms with van der Waals surface area (Å²) in [5, 5.41) is 9.90. The second-order valence-corrected chi connectivity index (χ2v) is 5.69. The summed E-state index contributed by atoms with van der Waals surface area (Å²) in [6, 6.07) is 0. The standard InChI is InChI=1S/C11H17N3O2/c1-10(2,3)7-6-8(14-16-7)12-11(4,5)13-9(6)15/h1-5H3,(H,12,14)(H,13,15). The molecule has 1 aliphatic rings. The van der Waals surface area contributed by atoms with Crippen molar-refractivity contribution in [3.8, 4) is 0 Å². The average Bonchev–Trinajstić information content (AvgIpc) is 2.43. The molecule has 0 radical (unpaired) electrons. The van der Waals surface area contributed by atoms with Gasteiger partial charge < -0.3 is 15.2 Å². The summed E-state index contributed by atoms with van der Waals surface area (Å²) in [6.45, 7) is 9.71. The second-order valence-electron chi connectivity index (χ2n) is 5.69. The van der Waals surface area contributed by atoms with E-state index in [1.54, 1.807) is 0 Å². The highest BCUT2D eigenvalue weighted by Crippen LogP contribution is 2.33. The van der Waals surface area contributed by atoms with Gasteiger partial charge in [0.15, 0.2) is 11.6 Å². The van der Waals surface area contributed by atoms with E-state index >= 15 is 0 Å². The van der Waals surface area contributed by atoms with Crippen molar-refractivity contribution in [3.05, 3.63) is 11.3 Å². The monoisotopic (exact) mass is 223 g/mol. The maximum Gasteiger partial charge on any atom is 0.260 e. The van der Waals surface area contributed by atoms with Crippen LogP contribution in [0.2, 0.25) is 0 Å². The zero-order chi connectivity index (χ0) is 12.1. The van der Waals surface area contributed by atoms with Crippen LogP contribution >= 0.6 is 0 Å². The normalized spacial score (nSPS) is 18.7. The molecule has 0 saturated heterocycles. The number of hydrogen-bond acceptors (Lipinski definition) is 4. The van der Waals surface area contributed by atoms with Crippen molar-refractivity contribution in [2.75, 3.05) is 5.32 Å². The Kier molecular flexibility index (Phi) is 2.05. The van der Waals surface area contributed by atoms with Gasteiger partial charge in [-0.1, -0.05) is 25.9 Å². The predicted octanol–water partition coefficient (Wildman–Crippen LogP) is 1.86. The minimum Gasteiger partial charge on any atom is -0.358 e. The van der Waals surface area contributed by atoms with Crippen LogP contribution in [-0.4, -0.2) is 16.7 Å². The van der Waals surface area contributed by atoms with E-state index in [1.807, 2.05) is 34.6 Å². The molecule has 2 heterocycles. The topological polar surface area (TPSA) is 67.2 Å². The summed E-state index contributed by atoms with van der Waals surface area (Å²) in [5.41, 5.74) is -0.205. The lowest BCUT2D eigenvalue weighted by Crippen LogP contribution is -2.53. The first kappa shape index (κ1) is 11.0. The van der Waals surface area contributed by atoms with Crippen molar-refractivity contribution in [2.45, 2.75) is 45.7 Å². The molecule has 0 unspecified atom stereocenters. The van der Waals surface area contributed by atoms with Gasteiger partial charge in [0.05, 0.1) is 0 Å². The molecule has 16 heavy (non-hydrogen) atoms. The number of carbonyl (C=O) groups is 1. The van der Waals surface area contributed by atoms with Gasteiger partial charge in [0, 0.05) is 5.41 Å². The van der Waals surface area contributed by atoms with Crippen molar-refractivity contribution in [1.29, 1.82) is 0 Å².